The first-order valence-electron chi connectivity index (χ1n) is 6.33. The molecule has 0 atom stereocenters. The van der Waals surface area contributed by atoms with Crippen molar-refractivity contribution in [1.82, 2.24) is 4.57 Å². The second-order valence-corrected chi connectivity index (χ2v) is 4.69. The molecule has 96 valence electrons. The van der Waals surface area contributed by atoms with E-state index < -0.39 is 0 Å². The number of hydrogen-bond acceptors (Lipinski definition) is 2. The summed E-state index contributed by atoms with van der Waals surface area (Å²) in [5, 5.41) is 9.97. The van der Waals surface area contributed by atoms with Crippen LogP contribution in [0.5, 0.6) is 0 Å². The van der Waals surface area contributed by atoms with E-state index in [4.69, 9.17) is 5.26 Å². The van der Waals surface area contributed by atoms with E-state index in [0.717, 1.165) is 22.8 Å². The second kappa shape index (κ2) is 5.02. The van der Waals surface area contributed by atoms with Gasteiger partial charge in [0.2, 0.25) is 0 Å². The highest BCUT2D eigenvalue weighted by atomic mass is 16.1. The maximum Gasteiger partial charge on any atom is 0.150 e. The quantitative estimate of drug-likeness (QED) is 0.678. The maximum atomic E-state index is 10.8. The van der Waals surface area contributed by atoms with Crippen molar-refractivity contribution in [3.63, 3.8) is 0 Å². The number of rotatable bonds is 3. The predicted octanol–water partition coefficient (Wildman–Crippen LogP) is 3.37. The van der Waals surface area contributed by atoms with Gasteiger partial charge in [-0.25, -0.2) is 0 Å². The zero-order valence-electron chi connectivity index (χ0n) is 10.8. The number of nitrogens with zero attached hydrogens (tertiary/aromatic N) is 2. The summed E-state index contributed by atoms with van der Waals surface area (Å²) in [5.41, 5.74) is 3.52. The molecule has 0 saturated carbocycles. The summed E-state index contributed by atoms with van der Waals surface area (Å²) in [4.78, 5) is 10.8. The predicted molar refractivity (Wildman–Crippen MR) is 77.6 cm³/mol. The van der Waals surface area contributed by atoms with Crippen molar-refractivity contribution in [3.8, 4) is 6.07 Å². The monoisotopic (exact) mass is 260 g/mol. The highest BCUT2D eigenvalue weighted by Crippen LogP contribution is 2.18. The van der Waals surface area contributed by atoms with Gasteiger partial charge in [0.15, 0.2) is 0 Å². The van der Waals surface area contributed by atoms with Crippen LogP contribution in [0.2, 0.25) is 0 Å². The third-order valence-corrected chi connectivity index (χ3v) is 3.34. The molecule has 20 heavy (non-hydrogen) atoms. The first kappa shape index (κ1) is 12.2. The van der Waals surface area contributed by atoms with Gasteiger partial charge >= 0.3 is 0 Å². The van der Waals surface area contributed by atoms with Crippen LogP contribution in [0.4, 0.5) is 0 Å². The highest BCUT2D eigenvalue weighted by Gasteiger charge is 2.03. The zero-order chi connectivity index (χ0) is 13.9. The lowest BCUT2D eigenvalue weighted by Crippen LogP contribution is -1.98. The van der Waals surface area contributed by atoms with E-state index in [9.17, 15) is 4.79 Å². The Balaban J connectivity index is 1.98. The molecule has 1 heterocycles. The van der Waals surface area contributed by atoms with Crippen LogP contribution in [-0.4, -0.2) is 10.9 Å². The average Bonchev–Trinajstić information content (AvgIpc) is 2.89. The van der Waals surface area contributed by atoms with Crippen LogP contribution < -0.4 is 0 Å². The Bertz CT molecular complexity index is 824. The zero-order valence-corrected chi connectivity index (χ0v) is 10.8. The van der Waals surface area contributed by atoms with E-state index in [0.29, 0.717) is 17.7 Å². The molecule has 3 aromatic rings. The molecule has 0 aliphatic rings. The number of carbonyl (C=O) groups is 1. The van der Waals surface area contributed by atoms with Gasteiger partial charge < -0.3 is 4.57 Å². The van der Waals surface area contributed by atoms with Gasteiger partial charge in [0.25, 0.3) is 0 Å². The summed E-state index contributed by atoms with van der Waals surface area (Å²) < 4.78 is 2.11. The largest absolute Gasteiger partial charge is 0.343 e. The lowest BCUT2D eigenvalue weighted by molar-refractivity contribution is 0.112. The molecule has 0 radical (unpaired) electrons. The van der Waals surface area contributed by atoms with Gasteiger partial charge in [-0.05, 0) is 42.0 Å². The minimum Gasteiger partial charge on any atom is -0.343 e. The summed E-state index contributed by atoms with van der Waals surface area (Å²) >= 11 is 0. The van der Waals surface area contributed by atoms with E-state index in [-0.39, 0.29) is 0 Å². The van der Waals surface area contributed by atoms with E-state index >= 15 is 0 Å². The molecule has 2 aromatic carbocycles. The minimum absolute atomic E-state index is 0.669. The normalized spacial score (nSPS) is 10.3. The molecule has 0 spiro atoms. The van der Waals surface area contributed by atoms with E-state index in [1.807, 2.05) is 48.7 Å². The third kappa shape index (κ3) is 2.19. The van der Waals surface area contributed by atoms with Gasteiger partial charge in [-0.3, -0.25) is 4.79 Å². The van der Waals surface area contributed by atoms with E-state index in [1.165, 1.54) is 0 Å². The van der Waals surface area contributed by atoms with Gasteiger partial charge in [-0.15, -0.1) is 0 Å². The molecule has 3 rings (SSSR count). The highest BCUT2D eigenvalue weighted by molar-refractivity contribution is 5.87. The fourth-order valence-corrected chi connectivity index (χ4v) is 2.37. The molecular formula is C17H12N2O. The van der Waals surface area contributed by atoms with Crippen molar-refractivity contribution in [2.24, 2.45) is 0 Å². The van der Waals surface area contributed by atoms with Crippen molar-refractivity contribution in [1.29, 1.82) is 5.26 Å². The van der Waals surface area contributed by atoms with Crippen molar-refractivity contribution in [3.05, 3.63) is 71.4 Å². The van der Waals surface area contributed by atoms with Gasteiger partial charge in [0.05, 0.1) is 11.6 Å². The van der Waals surface area contributed by atoms with Crippen molar-refractivity contribution in [2.45, 2.75) is 6.54 Å². The van der Waals surface area contributed by atoms with Gasteiger partial charge in [-0.2, -0.15) is 5.26 Å². The van der Waals surface area contributed by atoms with Crippen LogP contribution in [0.25, 0.3) is 10.9 Å². The molecule has 0 N–H and O–H groups in total. The topological polar surface area (TPSA) is 45.8 Å². The summed E-state index contributed by atoms with van der Waals surface area (Å²) in [6.07, 6.45) is 2.85. The van der Waals surface area contributed by atoms with Crippen molar-refractivity contribution >= 4 is 17.2 Å². The van der Waals surface area contributed by atoms with Gasteiger partial charge in [0, 0.05) is 29.2 Å². The fourth-order valence-electron chi connectivity index (χ4n) is 2.37. The molecule has 0 amide bonds. The Morgan fingerprint density at radius 3 is 2.85 bits per heavy atom. The molecule has 3 heteroatoms. The molecule has 0 saturated heterocycles. The lowest BCUT2D eigenvalue weighted by Gasteiger charge is -2.06. The van der Waals surface area contributed by atoms with Crippen LogP contribution in [-0.2, 0) is 6.54 Å². The Morgan fingerprint density at radius 2 is 2.05 bits per heavy atom. The lowest BCUT2D eigenvalue weighted by atomic mass is 10.1. The fraction of sp³-hybridized carbons (Fsp3) is 0.0588. The van der Waals surface area contributed by atoms with E-state index in [2.05, 4.69) is 10.6 Å². The number of aromatic nitrogens is 1. The van der Waals surface area contributed by atoms with Crippen LogP contribution in [0.1, 0.15) is 21.5 Å². The second-order valence-electron chi connectivity index (χ2n) is 4.69. The van der Waals surface area contributed by atoms with Crippen molar-refractivity contribution in [2.75, 3.05) is 0 Å². The van der Waals surface area contributed by atoms with E-state index in [1.54, 1.807) is 6.07 Å². The Morgan fingerprint density at radius 1 is 1.15 bits per heavy atom. The maximum absolute atomic E-state index is 10.8. The number of nitriles is 1. The van der Waals surface area contributed by atoms with Gasteiger partial charge in [0.1, 0.15) is 6.29 Å². The Hall–Kier alpha value is -2.86. The minimum atomic E-state index is 0.669. The van der Waals surface area contributed by atoms with Crippen LogP contribution in [0.3, 0.4) is 0 Å². The first-order valence-corrected chi connectivity index (χ1v) is 6.33. The summed E-state index contributed by atoms with van der Waals surface area (Å²) in [6.45, 7) is 0.708. The Kier molecular flexibility index (Phi) is 3.06. The summed E-state index contributed by atoms with van der Waals surface area (Å²) in [6, 6.07) is 17.4. The molecule has 1 aromatic heterocycles. The Labute approximate surface area is 116 Å². The SMILES string of the molecule is N#Cc1cccc(Cn2ccc3cc(C=O)ccc32)c1. The van der Waals surface area contributed by atoms with Crippen LogP contribution in [0, 0.1) is 11.3 Å². The molecule has 3 nitrogen and oxygen atoms in total. The number of fused-ring (bicyclic) bond motifs is 1. The van der Waals surface area contributed by atoms with Crippen LogP contribution >= 0.6 is 0 Å². The summed E-state index contributed by atoms with van der Waals surface area (Å²) in [5.74, 6) is 0. The van der Waals surface area contributed by atoms with Crippen LogP contribution in [0.15, 0.2) is 54.7 Å². The smallest absolute Gasteiger partial charge is 0.150 e. The third-order valence-electron chi connectivity index (χ3n) is 3.34. The number of benzene rings is 2. The molecule has 0 aliphatic carbocycles. The molecule has 0 unspecified atom stereocenters. The number of hydrogen-bond donors (Lipinski definition) is 0. The average molecular weight is 260 g/mol. The molecule has 0 fully saturated rings. The first-order chi connectivity index (χ1) is 9.80. The molecule has 0 aliphatic heterocycles. The van der Waals surface area contributed by atoms with Crippen molar-refractivity contribution < 1.29 is 4.79 Å². The molecule has 0 bridgehead atoms. The summed E-state index contributed by atoms with van der Waals surface area (Å²) in [7, 11) is 0. The van der Waals surface area contributed by atoms with Gasteiger partial charge in [-0.1, -0.05) is 12.1 Å². The number of carbonyl (C=O) groups excluding carboxylic acids is 1. The number of aldehydes is 1. The molecular weight excluding hydrogens is 248 g/mol. The standard InChI is InChI=1S/C17H12N2O/c18-10-13-2-1-3-14(8-13)11-19-7-6-16-9-15(12-20)4-5-17(16)19/h1-9,12H,11H2.